The highest BCUT2D eigenvalue weighted by Crippen LogP contribution is 2.26. The fraction of sp³-hybridized carbons (Fsp3) is 0.348. The van der Waals surface area contributed by atoms with Crippen molar-refractivity contribution in [2.75, 3.05) is 25.5 Å². The van der Waals surface area contributed by atoms with Crippen LogP contribution in [0.15, 0.2) is 42.5 Å². The van der Waals surface area contributed by atoms with E-state index in [2.05, 4.69) is 25.8 Å². The number of aryl methyl sites for hydroxylation is 1. The number of aromatic nitrogens is 3. The summed E-state index contributed by atoms with van der Waals surface area (Å²) in [7, 11) is 1.67. The molecule has 1 saturated heterocycles. The molecule has 0 bridgehead atoms. The van der Waals surface area contributed by atoms with Crippen LogP contribution in [0.3, 0.4) is 0 Å². The maximum atomic E-state index is 12.9. The quantitative estimate of drug-likeness (QED) is 0.517. The first-order chi connectivity index (χ1) is 14.7. The first-order valence-corrected chi connectivity index (χ1v) is 10.4. The molecule has 1 atom stereocenters. The average molecular weight is 442 g/mol. The van der Waals surface area contributed by atoms with Crippen LogP contribution in [-0.2, 0) is 12.8 Å². The minimum atomic E-state index is -0.148. The van der Waals surface area contributed by atoms with Gasteiger partial charge in [0.25, 0.3) is 5.91 Å². The molecule has 1 fully saturated rings. The van der Waals surface area contributed by atoms with Crippen LogP contribution in [0.4, 0.5) is 5.69 Å². The molecule has 2 aromatic carbocycles. The molecule has 8 heteroatoms. The molecule has 0 radical (unpaired) electrons. The number of ether oxygens (including phenoxy) is 1. The van der Waals surface area contributed by atoms with Crippen molar-refractivity contribution in [3.8, 4) is 17.1 Å². The zero-order valence-corrected chi connectivity index (χ0v) is 18.6. The number of methoxy groups -OCH3 is 1. The number of benzene rings is 2. The molecule has 164 valence electrons. The number of carbonyl (C=O) groups excluding carboxylic acids is 1. The number of hydrogen-bond donors (Lipinski definition) is 3. The minimum absolute atomic E-state index is 0. The maximum Gasteiger partial charge on any atom is 0.255 e. The van der Waals surface area contributed by atoms with Crippen molar-refractivity contribution in [3.63, 3.8) is 0 Å². The summed E-state index contributed by atoms with van der Waals surface area (Å²) in [4.78, 5) is 17.4. The van der Waals surface area contributed by atoms with Crippen molar-refractivity contribution in [3.05, 3.63) is 59.4 Å². The van der Waals surface area contributed by atoms with Gasteiger partial charge in [-0.25, -0.2) is 4.98 Å². The lowest BCUT2D eigenvalue weighted by molar-refractivity contribution is 0.102. The third kappa shape index (κ3) is 5.42. The number of rotatable bonds is 7. The van der Waals surface area contributed by atoms with E-state index in [1.54, 1.807) is 13.2 Å². The SMILES string of the molecule is CCc1nc(-c2cccc(NC(=O)c3ccc(OC)c(CC4CCNC4)c3)c2)n[nH]1.Cl. The first-order valence-electron chi connectivity index (χ1n) is 10.4. The molecule has 0 saturated carbocycles. The van der Waals surface area contributed by atoms with Crippen LogP contribution >= 0.6 is 12.4 Å². The Bertz CT molecular complexity index is 1030. The lowest BCUT2D eigenvalue weighted by Crippen LogP contribution is -2.14. The van der Waals surface area contributed by atoms with E-state index in [0.29, 0.717) is 23.0 Å². The molecule has 3 N–H and O–H groups in total. The number of hydrogen-bond acceptors (Lipinski definition) is 5. The number of anilines is 1. The zero-order chi connectivity index (χ0) is 20.9. The number of nitrogens with zero attached hydrogens (tertiary/aromatic N) is 2. The fourth-order valence-corrected chi connectivity index (χ4v) is 3.80. The predicted molar refractivity (Wildman–Crippen MR) is 124 cm³/mol. The second kappa shape index (κ2) is 10.4. The molecular weight excluding hydrogens is 414 g/mol. The van der Waals surface area contributed by atoms with E-state index in [1.807, 2.05) is 43.3 Å². The van der Waals surface area contributed by atoms with Crippen molar-refractivity contribution in [2.45, 2.75) is 26.2 Å². The van der Waals surface area contributed by atoms with Crippen LogP contribution in [0.5, 0.6) is 5.75 Å². The van der Waals surface area contributed by atoms with Gasteiger partial charge < -0.3 is 15.4 Å². The fourth-order valence-electron chi connectivity index (χ4n) is 3.80. The van der Waals surface area contributed by atoms with Crippen LogP contribution < -0.4 is 15.4 Å². The molecule has 2 heterocycles. The Hall–Kier alpha value is -2.90. The molecule has 3 aromatic rings. The van der Waals surface area contributed by atoms with Gasteiger partial charge in [0.1, 0.15) is 11.6 Å². The van der Waals surface area contributed by atoms with E-state index >= 15 is 0 Å². The minimum Gasteiger partial charge on any atom is -0.496 e. The number of nitrogens with one attached hydrogen (secondary N) is 3. The number of aromatic amines is 1. The number of carbonyl (C=O) groups is 1. The van der Waals surface area contributed by atoms with Gasteiger partial charge in [-0.05, 0) is 67.7 Å². The Morgan fingerprint density at radius 1 is 1.26 bits per heavy atom. The van der Waals surface area contributed by atoms with Crippen molar-refractivity contribution in [2.24, 2.45) is 5.92 Å². The zero-order valence-electron chi connectivity index (χ0n) is 17.8. The van der Waals surface area contributed by atoms with Gasteiger partial charge in [0, 0.05) is 23.2 Å². The summed E-state index contributed by atoms with van der Waals surface area (Å²) in [6, 6.07) is 13.2. The third-order valence-corrected chi connectivity index (χ3v) is 5.46. The molecular formula is C23H28ClN5O2. The summed E-state index contributed by atoms with van der Waals surface area (Å²) in [5.74, 6) is 2.72. The van der Waals surface area contributed by atoms with Gasteiger partial charge in [-0.3, -0.25) is 9.89 Å². The molecule has 1 aromatic heterocycles. The van der Waals surface area contributed by atoms with Gasteiger partial charge in [-0.15, -0.1) is 12.4 Å². The first kappa shape index (κ1) is 22.8. The molecule has 0 spiro atoms. The van der Waals surface area contributed by atoms with Crippen molar-refractivity contribution >= 4 is 24.0 Å². The third-order valence-electron chi connectivity index (χ3n) is 5.46. The van der Waals surface area contributed by atoms with E-state index in [0.717, 1.165) is 55.1 Å². The topological polar surface area (TPSA) is 91.9 Å². The molecule has 1 aliphatic heterocycles. The van der Waals surface area contributed by atoms with E-state index in [9.17, 15) is 4.79 Å². The summed E-state index contributed by atoms with van der Waals surface area (Å²) in [6.45, 7) is 4.08. The van der Waals surface area contributed by atoms with Gasteiger partial charge in [0.2, 0.25) is 0 Å². The standard InChI is InChI=1S/C23H27N5O2.ClH/c1-3-21-26-22(28-27-21)16-5-4-6-19(13-16)25-23(29)17-7-8-20(30-2)18(12-17)11-15-9-10-24-14-15;/h4-8,12-13,15,24H,3,9-11,14H2,1-2H3,(H,25,29)(H,26,27,28);1H. The Balaban J connectivity index is 0.00000272. The molecule has 4 rings (SSSR count). The van der Waals surface area contributed by atoms with E-state index in [1.165, 1.54) is 0 Å². The van der Waals surface area contributed by atoms with Gasteiger partial charge in [-0.2, -0.15) is 5.10 Å². The molecule has 31 heavy (non-hydrogen) atoms. The number of amides is 1. The molecule has 0 aliphatic carbocycles. The Labute approximate surface area is 188 Å². The highest BCUT2D eigenvalue weighted by Gasteiger charge is 2.18. The van der Waals surface area contributed by atoms with Gasteiger partial charge in [0.15, 0.2) is 5.82 Å². The van der Waals surface area contributed by atoms with Crippen LogP contribution in [0.25, 0.3) is 11.4 Å². The van der Waals surface area contributed by atoms with Gasteiger partial charge >= 0.3 is 0 Å². The van der Waals surface area contributed by atoms with E-state index < -0.39 is 0 Å². The van der Waals surface area contributed by atoms with Crippen LogP contribution in [0.1, 0.15) is 35.1 Å². The van der Waals surface area contributed by atoms with E-state index in [-0.39, 0.29) is 18.3 Å². The molecule has 1 aliphatic rings. The molecule has 7 nitrogen and oxygen atoms in total. The number of H-pyrrole nitrogens is 1. The summed E-state index contributed by atoms with van der Waals surface area (Å²) < 4.78 is 5.52. The van der Waals surface area contributed by atoms with Crippen LogP contribution in [0.2, 0.25) is 0 Å². The van der Waals surface area contributed by atoms with Crippen LogP contribution in [-0.4, -0.2) is 41.3 Å². The monoisotopic (exact) mass is 441 g/mol. The van der Waals surface area contributed by atoms with Gasteiger partial charge in [-0.1, -0.05) is 19.1 Å². The summed E-state index contributed by atoms with van der Waals surface area (Å²) in [6.07, 6.45) is 2.84. The molecule has 1 amide bonds. The average Bonchev–Trinajstić information content (AvgIpc) is 3.46. The van der Waals surface area contributed by atoms with Crippen LogP contribution in [0, 0.1) is 5.92 Å². The van der Waals surface area contributed by atoms with Crippen molar-refractivity contribution in [1.82, 2.24) is 20.5 Å². The highest BCUT2D eigenvalue weighted by atomic mass is 35.5. The highest BCUT2D eigenvalue weighted by molar-refractivity contribution is 6.04. The number of halogens is 1. The maximum absolute atomic E-state index is 12.9. The van der Waals surface area contributed by atoms with Crippen molar-refractivity contribution in [1.29, 1.82) is 0 Å². The van der Waals surface area contributed by atoms with Gasteiger partial charge in [0.05, 0.1) is 7.11 Å². The van der Waals surface area contributed by atoms with Crippen molar-refractivity contribution < 1.29 is 9.53 Å². The smallest absolute Gasteiger partial charge is 0.255 e. The molecule has 1 unspecified atom stereocenters. The predicted octanol–water partition coefficient (Wildman–Crippen LogP) is 3.87. The summed E-state index contributed by atoms with van der Waals surface area (Å²) in [5, 5.41) is 13.6. The summed E-state index contributed by atoms with van der Waals surface area (Å²) in [5.41, 5.74) is 3.25. The Morgan fingerprint density at radius 2 is 2.13 bits per heavy atom. The largest absolute Gasteiger partial charge is 0.496 e. The second-order valence-electron chi connectivity index (χ2n) is 7.58. The Kier molecular flexibility index (Phi) is 7.65. The normalized spacial score (nSPS) is 15.4. The second-order valence-corrected chi connectivity index (χ2v) is 7.58. The van der Waals surface area contributed by atoms with E-state index in [4.69, 9.17) is 4.74 Å². The Morgan fingerprint density at radius 3 is 2.84 bits per heavy atom. The summed E-state index contributed by atoms with van der Waals surface area (Å²) >= 11 is 0. The lowest BCUT2D eigenvalue weighted by Gasteiger charge is -2.14. The lowest BCUT2D eigenvalue weighted by atomic mass is 9.96.